The molecule has 1 aromatic carbocycles. The predicted octanol–water partition coefficient (Wildman–Crippen LogP) is 3.98. The Morgan fingerprint density at radius 2 is 1.89 bits per heavy atom. The van der Waals surface area contributed by atoms with E-state index in [9.17, 15) is 0 Å². The average Bonchev–Trinajstić information content (AvgIpc) is 2.84. The van der Waals surface area contributed by atoms with Gasteiger partial charge in [0, 0.05) is 28.5 Å². The highest BCUT2D eigenvalue weighted by Crippen LogP contribution is 2.19. The summed E-state index contributed by atoms with van der Waals surface area (Å²) in [5.41, 5.74) is 2.54. The molecule has 0 unspecified atom stereocenters. The summed E-state index contributed by atoms with van der Waals surface area (Å²) in [6, 6.07) is 13.1. The second-order valence-electron chi connectivity index (χ2n) is 5.01. The number of nitrogens with one attached hydrogen (secondary N) is 1. The Kier molecular flexibility index (Phi) is 5.00. The highest BCUT2D eigenvalue weighted by molar-refractivity contribution is 7.12. The van der Waals surface area contributed by atoms with Gasteiger partial charge in [0.05, 0.1) is 0 Å². The number of hydrogen-bond donors (Lipinski definition) is 1. The van der Waals surface area contributed by atoms with Gasteiger partial charge < -0.3 is 10.2 Å². The lowest BCUT2D eigenvalue weighted by Crippen LogP contribution is -2.10. The standard InChI is InChI=1S/C16H22N2S/c1-4-15-8-9-16(19-15)11-17-14-7-5-6-13(10-14)12-18(2)3/h5-10,17H,4,11-12H2,1-3H3. The summed E-state index contributed by atoms with van der Waals surface area (Å²) >= 11 is 1.90. The third-order valence-corrected chi connectivity index (χ3v) is 4.19. The molecule has 0 bridgehead atoms. The van der Waals surface area contributed by atoms with Crippen molar-refractivity contribution in [3.8, 4) is 0 Å². The number of thiophene rings is 1. The van der Waals surface area contributed by atoms with E-state index in [1.165, 1.54) is 21.0 Å². The largest absolute Gasteiger partial charge is 0.380 e. The average molecular weight is 274 g/mol. The summed E-state index contributed by atoms with van der Waals surface area (Å²) < 4.78 is 0. The van der Waals surface area contributed by atoms with E-state index >= 15 is 0 Å². The first-order valence-electron chi connectivity index (χ1n) is 6.72. The fraction of sp³-hybridized carbons (Fsp3) is 0.375. The Morgan fingerprint density at radius 3 is 2.58 bits per heavy atom. The van der Waals surface area contributed by atoms with Crippen LogP contribution in [0.25, 0.3) is 0 Å². The fourth-order valence-corrected chi connectivity index (χ4v) is 2.94. The van der Waals surface area contributed by atoms with Crippen molar-refractivity contribution in [1.29, 1.82) is 0 Å². The minimum absolute atomic E-state index is 0.913. The summed E-state index contributed by atoms with van der Waals surface area (Å²) in [6.45, 7) is 4.10. The minimum atomic E-state index is 0.913. The van der Waals surface area contributed by atoms with E-state index in [1.54, 1.807) is 0 Å². The second kappa shape index (κ2) is 6.73. The van der Waals surface area contributed by atoms with E-state index < -0.39 is 0 Å². The lowest BCUT2D eigenvalue weighted by molar-refractivity contribution is 0.402. The summed E-state index contributed by atoms with van der Waals surface area (Å²) in [6.07, 6.45) is 1.13. The van der Waals surface area contributed by atoms with E-state index in [0.717, 1.165) is 19.5 Å². The predicted molar refractivity (Wildman–Crippen MR) is 84.9 cm³/mol. The van der Waals surface area contributed by atoms with Crippen molar-refractivity contribution in [3.63, 3.8) is 0 Å². The fourth-order valence-electron chi connectivity index (χ4n) is 2.04. The molecular formula is C16H22N2S. The molecule has 0 spiro atoms. The highest BCUT2D eigenvalue weighted by atomic mass is 32.1. The maximum atomic E-state index is 3.50. The zero-order valence-corrected chi connectivity index (χ0v) is 12.8. The molecule has 1 heterocycles. The number of nitrogens with zero attached hydrogens (tertiary/aromatic N) is 1. The van der Waals surface area contributed by atoms with Crippen LogP contribution in [0.15, 0.2) is 36.4 Å². The van der Waals surface area contributed by atoms with E-state index in [0.29, 0.717) is 0 Å². The van der Waals surface area contributed by atoms with E-state index in [1.807, 2.05) is 11.3 Å². The number of anilines is 1. The van der Waals surface area contributed by atoms with E-state index in [4.69, 9.17) is 0 Å². The van der Waals surface area contributed by atoms with Gasteiger partial charge >= 0.3 is 0 Å². The van der Waals surface area contributed by atoms with Crippen LogP contribution in [0.5, 0.6) is 0 Å². The summed E-state index contributed by atoms with van der Waals surface area (Å²) in [7, 11) is 4.19. The molecule has 102 valence electrons. The Morgan fingerprint density at radius 1 is 1.11 bits per heavy atom. The van der Waals surface area contributed by atoms with Crippen molar-refractivity contribution in [2.45, 2.75) is 26.4 Å². The van der Waals surface area contributed by atoms with Crippen molar-refractivity contribution in [3.05, 3.63) is 51.7 Å². The van der Waals surface area contributed by atoms with Crippen LogP contribution in [-0.2, 0) is 19.5 Å². The molecule has 0 aliphatic rings. The maximum Gasteiger partial charge on any atom is 0.0494 e. The van der Waals surface area contributed by atoms with Crippen LogP contribution in [0.3, 0.4) is 0 Å². The van der Waals surface area contributed by atoms with Crippen molar-refractivity contribution in [1.82, 2.24) is 4.90 Å². The smallest absolute Gasteiger partial charge is 0.0494 e. The van der Waals surface area contributed by atoms with E-state index in [2.05, 4.69) is 67.6 Å². The lowest BCUT2D eigenvalue weighted by atomic mass is 10.2. The third-order valence-electron chi connectivity index (χ3n) is 2.96. The van der Waals surface area contributed by atoms with Crippen LogP contribution in [0.4, 0.5) is 5.69 Å². The molecule has 1 aromatic heterocycles. The molecule has 0 aliphatic heterocycles. The van der Waals surface area contributed by atoms with Crippen molar-refractivity contribution < 1.29 is 0 Å². The van der Waals surface area contributed by atoms with Crippen LogP contribution in [0.2, 0.25) is 0 Å². The van der Waals surface area contributed by atoms with Gasteiger partial charge in [-0.15, -0.1) is 11.3 Å². The first kappa shape index (κ1) is 14.1. The van der Waals surface area contributed by atoms with Gasteiger partial charge in [-0.25, -0.2) is 0 Å². The lowest BCUT2D eigenvalue weighted by Gasteiger charge is -2.11. The summed E-state index contributed by atoms with van der Waals surface area (Å²) in [5, 5.41) is 3.50. The van der Waals surface area contributed by atoms with Gasteiger partial charge in [-0.3, -0.25) is 0 Å². The van der Waals surface area contributed by atoms with Gasteiger partial charge in [0.2, 0.25) is 0 Å². The van der Waals surface area contributed by atoms with Crippen LogP contribution in [0, 0.1) is 0 Å². The number of rotatable bonds is 6. The molecule has 0 saturated heterocycles. The zero-order chi connectivity index (χ0) is 13.7. The normalized spacial score (nSPS) is 10.9. The Labute approximate surface area is 120 Å². The molecule has 0 atom stereocenters. The molecular weight excluding hydrogens is 252 g/mol. The van der Waals surface area contributed by atoms with E-state index in [-0.39, 0.29) is 0 Å². The van der Waals surface area contributed by atoms with Gasteiger partial charge in [-0.1, -0.05) is 19.1 Å². The summed E-state index contributed by atoms with van der Waals surface area (Å²) in [4.78, 5) is 5.04. The quantitative estimate of drug-likeness (QED) is 0.857. The Bertz CT molecular complexity index is 517. The molecule has 1 N–H and O–H groups in total. The minimum Gasteiger partial charge on any atom is -0.380 e. The van der Waals surface area contributed by atoms with Gasteiger partial charge in [-0.2, -0.15) is 0 Å². The molecule has 2 nitrogen and oxygen atoms in total. The Balaban J connectivity index is 1.95. The van der Waals surface area contributed by atoms with Crippen LogP contribution in [0.1, 0.15) is 22.2 Å². The summed E-state index contributed by atoms with van der Waals surface area (Å²) in [5.74, 6) is 0. The number of benzene rings is 1. The topological polar surface area (TPSA) is 15.3 Å². The van der Waals surface area contributed by atoms with Crippen LogP contribution in [-0.4, -0.2) is 19.0 Å². The molecule has 0 saturated carbocycles. The van der Waals surface area contributed by atoms with Gasteiger partial charge in [-0.05, 0) is 50.3 Å². The first-order valence-corrected chi connectivity index (χ1v) is 7.54. The molecule has 0 amide bonds. The van der Waals surface area contributed by atoms with Crippen LogP contribution < -0.4 is 5.32 Å². The second-order valence-corrected chi connectivity index (χ2v) is 6.27. The van der Waals surface area contributed by atoms with Crippen molar-refractivity contribution >= 4 is 17.0 Å². The monoisotopic (exact) mass is 274 g/mol. The van der Waals surface area contributed by atoms with Gasteiger partial charge in [0.25, 0.3) is 0 Å². The molecule has 19 heavy (non-hydrogen) atoms. The molecule has 0 fully saturated rings. The molecule has 2 rings (SSSR count). The number of hydrogen-bond acceptors (Lipinski definition) is 3. The Hall–Kier alpha value is -1.32. The SMILES string of the molecule is CCc1ccc(CNc2cccc(CN(C)C)c2)s1. The van der Waals surface area contributed by atoms with Crippen molar-refractivity contribution in [2.24, 2.45) is 0 Å². The van der Waals surface area contributed by atoms with Gasteiger partial charge in [0.15, 0.2) is 0 Å². The molecule has 0 aliphatic carbocycles. The zero-order valence-electron chi connectivity index (χ0n) is 11.9. The van der Waals surface area contributed by atoms with Gasteiger partial charge in [0.1, 0.15) is 0 Å². The first-order chi connectivity index (χ1) is 9.17. The highest BCUT2D eigenvalue weighted by Gasteiger charge is 2.00. The maximum absolute atomic E-state index is 3.50. The third kappa shape index (κ3) is 4.37. The molecule has 2 aromatic rings. The molecule has 0 radical (unpaired) electrons. The van der Waals surface area contributed by atoms with Crippen LogP contribution >= 0.6 is 11.3 Å². The molecule has 3 heteroatoms. The number of aryl methyl sites for hydroxylation is 1. The van der Waals surface area contributed by atoms with Crippen molar-refractivity contribution in [2.75, 3.05) is 19.4 Å².